The van der Waals surface area contributed by atoms with Gasteiger partial charge in [0.25, 0.3) is 0 Å². The van der Waals surface area contributed by atoms with Gasteiger partial charge in [-0.25, -0.2) is 0 Å². The van der Waals surface area contributed by atoms with Crippen LogP contribution in [0.1, 0.15) is 24.2 Å². The van der Waals surface area contributed by atoms with Crippen LogP contribution in [-0.4, -0.2) is 49.9 Å². The highest BCUT2D eigenvalue weighted by atomic mass is 16.5. The Morgan fingerprint density at radius 1 is 1.50 bits per heavy atom. The zero-order chi connectivity index (χ0) is 14.7. The van der Waals surface area contributed by atoms with E-state index in [1.54, 1.807) is 13.2 Å². The number of hydrogen-bond donors (Lipinski definition) is 1. The summed E-state index contributed by atoms with van der Waals surface area (Å²) in [5, 5.41) is 9.31. The minimum Gasteiger partial charge on any atom is -0.496 e. The van der Waals surface area contributed by atoms with Crippen LogP contribution in [0.4, 0.5) is 5.69 Å². The zero-order valence-electron chi connectivity index (χ0n) is 12.1. The topological polar surface area (TPSA) is 59.0 Å². The number of ether oxygens (including phenoxy) is 2. The summed E-state index contributed by atoms with van der Waals surface area (Å²) in [7, 11) is 1.56. The maximum absolute atomic E-state index is 11.9. The Hall–Kier alpha value is -1.59. The Kier molecular flexibility index (Phi) is 4.62. The normalized spacial score (nSPS) is 22.7. The van der Waals surface area contributed by atoms with Gasteiger partial charge < -0.3 is 19.5 Å². The van der Waals surface area contributed by atoms with E-state index in [0.717, 1.165) is 5.69 Å². The summed E-state index contributed by atoms with van der Waals surface area (Å²) in [6.07, 6.45) is -0.225. The molecular weight excluding hydrogens is 258 g/mol. The van der Waals surface area contributed by atoms with Crippen molar-refractivity contribution in [1.29, 1.82) is 0 Å². The Balaban J connectivity index is 2.38. The average Bonchev–Trinajstić information content (AvgIpc) is 2.45. The van der Waals surface area contributed by atoms with Crippen LogP contribution in [0.5, 0.6) is 5.75 Å². The highest BCUT2D eigenvalue weighted by Gasteiger charge is 2.27. The molecule has 1 fully saturated rings. The standard InChI is InChI=1S/C15H21NO4/c1-10-7-16(8-12(9-17)20-10)13-5-4-6-14(19-3)15(13)11(2)18/h4-6,10,12,17H,7-9H2,1-3H3. The van der Waals surface area contributed by atoms with Crippen molar-refractivity contribution in [3.8, 4) is 5.75 Å². The number of rotatable bonds is 4. The number of carbonyl (C=O) groups excluding carboxylic acids is 1. The van der Waals surface area contributed by atoms with E-state index in [1.165, 1.54) is 6.92 Å². The lowest BCUT2D eigenvalue weighted by atomic mass is 10.1. The summed E-state index contributed by atoms with van der Waals surface area (Å²) in [6, 6.07) is 5.56. The summed E-state index contributed by atoms with van der Waals surface area (Å²) in [5.74, 6) is 0.548. The minimum absolute atomic E-state index is 0.00640. The second kappa shape index (κ2) is 6.24. The molecule has 1 aromatic rings. The molecule has 0 radical (unpaired) electrons. The average molecular weight is 279 g/mol. The van der Waals surface area contributed by atoms with Crippen molar-refractivity contribution in [2.45, 2.75) is 26.1 Å². The third-order valence-corrected chi connectivity index (χ3v) is 3.45. The fourth-order valence-electron chi connectivity index (χ4n) is 2.65. The van der Waals surface area contributed by atoms with Crippen molar-refractivity contribution in [2.24, 2.45) is 0 Å². The summed E-state index contributed by atoms with van der Waals surface area (Å²) in [6.45, 7) is 4.72. The first-order valence-corrected chi connectivity index (χ1v) is 6.76. The van der Waals surface area contributed by atoms with Gasteiger partial charge in [0.2, 0.25) is 0 Å². The second-order valence-corrected chi connectivity index (χ2v) is 5.07. The van der Waals surface area contributed by atoms with Gasteiger partial charge in [-0.15, -0.1) is 0 Å². The minimum atomic E-state index is -0.232. The van der Waals surface area contributed by atoms with Crippen molar-refractivity contribution < 1.29 is 19.4 Å². The van der Waals surface area contributed by atoms with Crippen molar-refractivity contribution in [2.75, 3.05) is 31.7 Å². The number of aliphatic hydroxyl groups is 1. The molecule has 5 heteroatoms. The van der Waals surface area contributed by atoms with Gasteiger partial charge in [-0.2, -0.15) is 0 Å². The van der Waals surface area contributed by atoms with Crippen molar-refractivity contribution in [3.63, 3.8) is 0 Å². The molecule has 0 aromatic heterocycles. The third kappa shape index (κ3) is 2.94. The van der Waals surface area contributed by atoms with Gasteiger partial charge in [0.1, 0.15) is 5.75 Å². The second-order valence-electron chi connectivity index (χ2n) is 5.07. The highest BCUT2D eigenvalue weighted by Crippen LogP contribution is 2.31. The Morgan fingerprint density at radius 3 is 2.85 bits per heavy atom. The first kappa shape index (κ1) is 14.8. The molecule has 1 aromatic carbocycles. The monoisotopic (exact) mass is 279 g/mol. The quantitative estimate of drug-likeness (QED) is 0.846. The number of benzene rings is 1. The molecule has 0 saturated carbocycles. The summed E-state index contributed by atoms with van der Waals surface area (Å²) < 4.78 is 10.9. The van der Waals surface area contributed by atoms with E-state index in [4.69, 9.17) is 9.47 Å². The molecule has 1 saturated heterocycles. The first-order valence-electron chi connectivity index (χ1n) is 6.76. The predicted octanol–water partition coefficient (Wildman–Crippen LogP) is 1.48. The fraction of sp³-hybridized carbons (Fsp3) is 0.533. The number of morpholine rings is 1. The molecular formula is C15H21NO4. The fourth-order valence-corrected chi connectivity index (χ4v) is 2.65. The maximum Gasteiger partial charge on any atom is 0.165 e. The Labute approximate surface area is 119 Å². The molecule has 20 heavy (non-hydrogen) atoms. The van der Waals surface area contributed by atoms with Gasteiger partial charge in [-0.3, -0.25) is 4.79 Å². The number of anilines is 1. The molecule has 2 atom stereocenters. The maximum atomic E-state index is 11.9. The number of hydrogen-bond acceptors (Lipinski definition) is 5. The number of aliphatic hydroxyl groups excluding tert-OH is 1. The van der Waals surface area contributed by atoms with Crippen LogP contribution < -0.4 is 9.64 Å². The van der Waals surface area contributed by atoms with Crippen LogP contribution in [0, 0.1) is 0 Å². The molecule has 0 aliphatic carbocycles. The van der Waals surface area contributed by atoms with Gasteiger partial charge in [-0.1, -0.05) is 6.07 Å². The zero-order valence-corrected chi connectivity index (χ0v) is 12.1. The lowest BCUT2D eigenvalue weighted by Gasteiger charge is -2.38. The van der Waals surface area contributed by atoms with Gasteiger partial charge in [-0.05, 0) is 26.0 Å². The molecule has 2 rings (SSSR count). The molecule has 1 aliphatic rings. The molecule has 0 amide bonds. The SMILES string of the molecule is COc1cccc(N2CC(C)OC(CO)C2)c1C(C)=O. The van der Waals surface area contributed by atoms with Crippen LogP contribution in [0.25, 0.3) is 0 Å². The van der Waals surface area contributed by atoms with Gasteiger partial charge >= 0.3 is 0 Å². The van der Waals surface area contributed by atoms with E-state index in [0.29, 0.717) is 24.4 Å². The van der Waals surface area contributed by atoms with Crippen molar-refractivity contribution in [3.05, 3.63) is 23.8 Å². The Bertz CT molecular complexity index is 489. The van der Waals surface area contributed by atoms with Gasteiger partial charge in [0, 0.05) is 13.1 Å². The van der Waals surface area contributed by atoms with E-state index < -0.39 is 0 Å². The van der Waals surface area contributed by atoms with Gasteiger partial charge in [0.05, 0.1) is 37.2 Å². The highest BCUT2D eigenvalue weighted by molar-refractivity contribution is 6.02. The van der Waals surface area contributed by atoms with Crippen molar-refractivity contribution >= 4 is 11.5 Å². The third-order valence-electron chi connectivity index (χ3n) is 3.45. The van der Waals surface area contributed by atoms with E-state index >= 15 is 0 Å². The van der Waals surface area contributed by atoms with Crippen LogP contribution >= 0.6 is 0 Å². The van der Waals surface area contributed by atoms with E-state index in [-0.39, 0.29) is 24.6 Å². The number of methoxy groups -OCH3 is 1. The molecule has 0 bridgehead atoms. The number of nitrogens with zero attached hydrogens (tertiary/aromatic N) is 1. The first-order chi connectivity index (χ1) is 9.56. The van der Waals surface area contributed by atoms with Crippen LogP contribution in [0.3, 0.4) is 0 Å². The van der Waals surface area contributed by atoms with Crippen molar-refractivity contribution in [1.82, 2.24) is 0 Å². The molecule has 1 aliphatic heterocycles. The summed E-state index contributed by atoms with van der Waals surface area (Å²) in [5.41, 5.74) is 1.42. The molecule has 2 unspecified atom stereocenters. The largest absolute Gasteiger partial charge is 0.496 e. The molecule has 110 valence electrons. The van der Waals surface area contributed by atoms with Crippen LogP contribution in [0.15, 0.2) is 18.2 Å². The van der Waals surface area contributed by atoms with Gasteiger partial charge in [0.15, 0.2) is 5.78 Å². The van der Waals surface area contributed by atoms with E-state index in [9.17, 15) is 9.90 Å². The molecule has 1 heterocycles. The van der Waals surface area contributed by atoms with Crippen LogP contribution in [0.2, 0.25) is 0 Å². The predicted molar refractivity (Wildman–Crippen MR) is 76.6 cm³/mol. The number of ketones is 1. The smallest absolute Gasteiger partial charge is 0.165 e. The molecule has 1 N–H and O–H groups in total. The number of carbonyl (C=O) groups is 1. The van der Waals surface area contributed by atoms with E-state index in [2.05, 4.69) is 4.90 Å². The molecule has 5 nitrogen and oxygen atoms in total. The number of Topliss-reactive ketones (excluding diaryl/α,β-unsaturated/α-hetero) is 1. The Morgan fingerprint density at radius 2 is 2.25 bits per heavy atom. The molecule has 0 spiro atoms. The van der Waals surface area contributed by atoms with Crippen LogP contribution in [-0.2, 0) is 4.74 Å². The summed E-state index contributed by atoms with van der Waals surface area (Å²) >= 11 is 0. The summed E-state index contributed by atoms with van der Waals surface area (Å²) in [4.78, 5) is 14.0. The lowest BCUT2D eigenvalue weighted by molar-refractivity contribution is -0.0421. The lowest BCUT2D eigenvalue weighted by Crippen LogP contribution is -2.48. The van der Waals surface area contributed by atoms with E-state index in [1.807, 2.05) is 19.1 Å².